The van der Waals surface area contributed by atoms with Crippen LogP contribution in [0.5, 0.6) is 0 Å². The Morgan fingerprint density at radius 3 is 1.54 bits per heavy atom. The van der Waals surface area contributed by atoms with Gasteiger partial charge in [0.2, 0.25) is 0 Å². The topological polar surface area (TPSA) is 63.2 Å². The zero-order valence-corrected chi connectivity index (χ0v) is 25.1. The largest absolute Gasteiger partial charge is 0.465 e. The van der Waals surface area contributed by atoms with Crippen LogP contribution in [0.15, 0.2) is 0 Å². The molecule has 0 aliphatic rings. The molecule has 0 rings (SSSR count). The van der Waals surface area contributed by atoms with Crippen LogP contribution in [0.25, 0.3) is 0 Å². The molecule has 0 aliphatic carbocycles. The van der Waals surface area contributed by atoms with Crippen molar-refractivity contribution >= 4 is 5.97 Å². The molecule has 0 fully saturated rings. The van der Waals surface area contributed by atoms with E-state index in [1.165, 1.54) is 77.0 Å². The molecule has 0 aliphatic heterocycles. The van der Waals surface area contributed by atoms with Gasteiger partial charge in [0, 0.05) is 19.6 Å². The molecular weight excluding hydrogens is 468 g/mol. The number of hydrogen-bond acceptors (Lipinski definition) is 6. The van der Waals surface area contributed by atoms with Gasteiger partial charge in [-0.05, 0) is 37.5 Å². The Labute approximate surface area is 229 Å². The summed E-state index contributed by atoms with van der Waals surface area (Å²) in [6, 6.07) is 0. The maximum atomic E-state index is 12.2. The molecule has 37 heavy (non-hydrogen) atoms. The lowest BCUT2D eigenvalue weighted by molar-refractivity contribution is -0.145. The SMILES string of the molecule is CCCCCCCCC(CCCCCC)COC(=O)CCCOCCOCCOCCOCCC(C)C. The molecule has 0 saturated carbocycles. The van der Waals surface area contributed by atoms with Crippen molar-refractivity contribution in [1.29, 1.82) is 0 Å². The molecule has 0 aromatic carbocycles. The summed E-state index contributed by atoms with van der Waals surface area (Å²) in [5.74, 6) is 1.10. The van der Waals surface area contributed by atoms with Crippen LogP contribution in [-0.4, -0.2) is 65.4 Å². The van der Waals surface area contributed by atoms with Crippen molar-refractivity contribution in [2.75, 3.05) is 59.5 Å². The zero-order valence-electron chi connectivity index (χ0n) is 25.1. The standard InChI is InChI=1S/C31H62O6/c1-5-7-9-11-12-14-17-30(16-13-10-8-6-2)28-37-31(32)18-15-20-33-22-24-35-26-27-36-25-23-34-21-19-29(3)4/h29-30H,5-28H2,1-4H3. The van der Waals surface area contributed by atoms with Crippen molar-refractivity contribution in [3.63, 3.8) is 0 Å². The van der Waals surface area contributed by atoms with E-state index in [-0.39, 0.29) is 5.97 Å². The Morgan fingerprint density at radius 2 is 1.00 bits per heavy atom. The minimum absolute atomic E-state index is 0.0910. The lowest BCUT2D eigenvalue weighted by Crippen LogP contribution is -2.15. The smallest absolute Gasteiger partial charge is 0.305 e. The van der Waals surface area contributed by atoms with Crippen LogP contribution >= 0.6 is 0 Å². The molecule has 6 heteroatoms. The summed E-state index contributed by atoms with van der Waals surface area (Å²) >= 11 is 0. The minimum Gasteiger partial charge on any atom is -0.465 e. The molecule has 0 N–H and O–H groups in total. The van der Waals surface area contributed by atoms with E-state index in [0.717, 1.165) is 13.0 Å². The molecular formula is C31H62O6. The summed E-state index contributed by atoms with van der Waals surface area (Å²) in [6.07, 6.45) is 17.6. The highest BCUT2D eigenvalue weighted by molar-refractivity contribution is 5.69. The summed E-state index contributed by atoms with van der Waals surface area (Å²) < 4.78 is 27.7. The average Bonchev–Trinajstić information content (AvgIpc) is 2.88. The fourth-order valence-corrected chi connectivity index (χ4v) is 4.07. The first-order valence-electron chi connectivity index (χ1n) is 15.6. The molecule has 0 heterocycles. The van der Waals surface area contributed by atoms with Gasteiger partial charge in [-0.3, -0.25) is 4.79 Å². The Morgan fingerprint density at radius 1 is 0.541 bits per heavy atom. The van der Waals surface area contributed by atoms with Gasteiger partial charge >= 0.3 is 5.97 Å². The maximum absolute atomic E-state index is 12.2. The van der Waals surface area contributed by atoms with Crippen LogP contribution in [-0.2, 0) is 28.5 Å². The second kappa shape index (κ2) is 29.9. The number of ether oxygens (including phenoxy) is 5. The molecule has 222 valence electrons. The zero-order chi connectivity index (χ0) is 27.2. The third-order valence-corrected chi connectivity index (χ3v) is 6.54. The first-order chi connectivity index (χ1) is 18.1. The van der Waals surface area contributed by atoms with Gasteiger partial charge in [-0.15, -0.1) is 0 Å². The van der Waals surface area contributed by atoms with E-state index in [4.69, 9.17) is 23.7 Å². The fourth-order valence-electron chi connectivity index (χ4n) is 4.07. The van der Waals surface area contributed by atoms with E-state index < -0.39 is 0 Å². The molecule has 0 saturated heterocycles. The first-order valence-corrected chi connectivity index (χ1v) is 15.6. The maximum Gasteiger partial charge on any atom is 0.305 e. The van der Waals surface area contributed by atoms with Crippen molar-refractivity contribution in [1.82, 2.24) is 0 Å². The highest BCUT2D eigenvalue weighted by Gasteiger charge is 2.12. The van der Waals surface area contributed by atoms with Gasteiger partial charge < -0.3 is 23.7 Å². The van der Waals surface area contributed by atoms with Crippen LogP contribution in [0.4, 0.5) is 0 Å². The number of carbonyl (C=O) groups excluding carboxylic acids is 1. The quantitative estimate of drug-likeness (QED) is 0.0698. The van der Waals surface area contributed by atoms with Gasteiger partial charge in [0.1, 0.15) is 0 Å². The van der Waals surface area contributed by atoms with Gasteiger partial charge in [-0.1, -0.05) is 91.9 Å². The van der Waals surface area contributed by atoms with Gasteiger partial charge in [0.05, 0.1) is 46.2 Å². The van der Waals surface area contributed by atoms with E-state index in [1.807, 2.05) is 0 Å². The van der Waals surface area contributed by atoms with Gasteiger partial charge in [-0.2, -0.15) is 0 Å². The highest BCUT2D eigenvalue weighted by Crippen LogP contribution is 2.19. The van der Waals surface area contributed by atoms with E-state index in [2.05, 4.69) is 27.7 Å². The van der Waals surface area contributed by atoms with Gasteiger partial charge in [0.15, 0.2) is 0 Å². The summed E-state index contributed by atoms with van der Waals surface area (Å²) in [4.78, 5) is 12.2. The Kier molecular flexibility index (Phi) is 29.3. The van der Waals surface area contributed by atoms with E-state index in [9.17, 15) is 4.79 Å². The second-order valence-corrected chi connectivity index (χ2v) is 10.7. The third kappa shape index (κ3) is 29.7. The van der Waals surface area contributed by atoms with Crippen LogP contribution < -0.4 is 0 Å². The van der Waals surface area contributed by atoms with E-state index in [1.54, 1.807) is 0 Å². The fraction of sp³-hybridized carbons (Fsp3) is 0.968. The predicted octanol–water partition coefficient (Wildman–Crippen LogP) is 7.76. The second-order valence-electron chi connectivity index (χ2n) is 10.7. The monoisotopic (exact) mass is 530 g/mol. The van der Waals surface area contributed by atoms with Gasteiger partial charge in [-0.25, -0.2) is 0 Å². The number of hydrogen-bond donors (Lipinski definition) is 0. The summed E-state index contributed by atoms with van der Waals surface area (Å²) in [5.41, 5.74) is 0. The first kappa shape index (κ1) is 36.3. The molecule has 0 amide bonds. The molecule has 0 spiro atoms. The van der Waals surface area contributed by atoms with Crippen LogP contribution in [0.3, 0.4) is 0 Å². The Bertz CT molecular complexity index is 457. The Hall–Kier alpha value is -0.690. The number of rotatable bonds is 30. The van der Waals surface area contributed by atoms with Crippen molar-refractivity contribution in [3.05, 3.63) is 0 Å². The normalized spacial score (nSPS) is 12.4. The molecule has 0 aromatic heterocycles. The Balaban J connectivity index is 3.65. The predicted molar refractivity (Wildman–Crippen MR) is 153 cm³/mol. The lowest BCUT2D eigenvalue weighted by Gasteiger charge is -2.17. The summed E-state index contributed by atoms with van der Waals surface area (Å²) in [5, 5.41) is 0. The van der Waals surface area contributed by atoms with Crippen LogP contribution in [0, 0.1) is 11.8 Å². The lowest BCUT2D eigenvalue weighted by atomic mass is 9.95. The van der Waals surface area contributed by atoms with Crippen LogP contribution in [0.1, 0.15) is 124 Å². The van der Waals surface area contributed by atoms with E-state index in [0.29, 0.717) is 77.5 Å². The molecule has 6 nitrogen and oxygen atoms in total. The molecule has 0 aromatic rings. The minimum atomic E-state index is -0.0910. The summed E-state index contributed by atoms with van der Waals surface area (Å²) in [7, 11) is 0. The summed E-state index contributed by atoms with van der Waals surface area (Å²) in [6.45, 7) is 14.3. The van der Waals surface area contributed by atoms with Gasteiger partial charge in [0.25, 0.3) is 0 Å². The van der Waals surface area contributed by atoms with Crippen molar-refractivity contribution < 1.29 is 28.5 Å². The highest BCUT2D eigenvalue weighted by atomic mass is 16.6. The molecule has 0 bridgehead atoms. The number of esters is 1. The number of unbranched alkanes of at least 4 members (excludes halogenated alkanes) is 8. The van der Waals surface area contributed by atoms with Crippen molar-refractivity contribution in [2.24, 2.45) is 11.8 Å². The molecule has 1 unspecified atom stereocenters. The molecule has 1 atom stereocenters. The molecule has 0 radical (unpaired) electrons. The average molecular weight is 531 g/mol. The number of carbonyl (C=O) groups is 1. The van der Waals surface area contributed by atoms with Crippen molar-refractivity contribution in [2.45, 2.75) is 124 Å². The van der Waals surface area contributed by atoms with Crippen LogP contribution in [0.2, 0.25) is 0 Å². The van der Waals surface area contributed by atoms with Crippen molar-refractivity contribution in [3.8, 4) is 0 Å². The van der Waals surface area contributed by atoms with E-state index >= 15 is 0 Å². The third-order valence-electron chi connectivity index (χ3n) is 6.54.